The summed E-state index contributed by atoms with van der Waals surface area (Å²) in [5.74, 6) is -0.340. The number of halogens is 1. The molecule has 1 aromatic rings. The summed E-state index contributed by atoms with van der Waals surface area (Å²) in [6, 6.07) is 0.945. The molecule has 1 saturated carbocycles. The largest absolute Gasteiger partial charge is 0.481 e. The van der Waals surface area contributed by atoms with Crippen LogP contribution in [0, 0.1) is 5.82 Å². The van der Waals surface area contributed by atoms with E-state index in [0.29, 0.717) is 18.5 Å². The van der Waals surface area contributed by atoms with E-state index in [9.17, 15) is 14.0 Å². The molecular formula is C23H35FN4O4. The summed E-state index contributed by atoms with van der Waals surface area (Å²) in [4.78, 5) is 31.0. The number of hydrogen-bond acceptors (Lipinski definition) is 6. The van der Waals surface area contributed by atoms with Gasteiger partial charge in [-0.05, 0) is 52.5 Å². The third-order valence-electron chi connectivity index (χ3n) is 5.79. The Hall–Kier alpha value is -2.58. The summed E-state index contributed by atoms with van der Waals surface area (Å²) in [5, 5.41) is 5.98. The Morgan fingerprint density at radius 3 is 2.56 bits per heavy atom. The lowest BCUT2D eigenvalue weighted by atomic mass is 9.95. The first-order valence-corrected chi connectivity index (χ1v) is 11.4. The van der Waals surface area contributed by atoms with E-state index < -0.39 is 23.6 Å². The molecule has 8 nitrogen and oxygen atoms in total. The fourth-order valence-corrected chi connectivity index (χ4v) is 4.23. The highest BCUT2D eigenvalue weighted by Crippen LogP contribution is 2.27. The summed E-state index contributed by atoms with van der Waals surface area (Å²) in [6.45, 7) is 5.88. The Balaban J connectivity index is 1.63. The van der Waals surface area contributed by atoms with Crippen molar-refractivity contribution in [1.29, 1.82) is 0 Å². The minimum absolute atomic E-state index is 0.0499. The minimum Gasteiger partial charge on any atom is -0.481 e. The normalized spacial score (nSPS) is 19.5. The second-order valence-electron chi connectivity index (χ2n) is 9.52. The molecule has 1 aliphatic carbocycles. The first kappa shape index (κ1) is 24.1. The van der Waals surface area contributed by atoms with Gasteiger partial charge in [-0.15, -0.1) is 0 Å². The minimum atomic E-state index is -0.634. The molecule has 2 N–H and O–H groups in total. The van der Waals surface area contributed by atoms with Gasteiger partial charge in [0.05, 0.1) is 7.11 Å². The second-order valence-corrected chi connectivity index (χ2v) is 9.52. The van der Waals surface area contributed by atoms with E-state index in [1.54, 1.807) is 20.8 Å². The number of nitrogens with one attached hydrogen (secondary N) is 2. The zero-order chi connectivity index (χ0) is 23.3. The average molecular weight is 451 g/mol. The number of carbonyl (C=O) groups excluding carboxylic acids is 2. The number of ether oxygens (including phenoxy) is 2. The van der Waals surface area contributed by atoms with Gasteiger partial charge in [0.25, 0.3) is 0 Å². The van der Waals surface area contributed by atoms with Crippen LogP contribution in [0.25, 0.3) is 0 Å². The molecule has 0 spiro atoms. The van der Waals surface area contributed by atoms with Crippen LogP contribution in [0.4, 0.5) is 15.0 Å². The van der Waals surface area contributed by atoms with Crippen LogP contribution in [0.2, 0.25) is 0 Å². The zero-order valence-electron chi connectivity index (χ0n) is 19.5. The Labute approximate surface area is 189 Å². The van der Waals surface area contributed by atoms with Gasteiger partial charge in [-0.25, -0.2) is 9.18 Å². The van der Waals surface area contributed by atoms with Crippen LogP contribution < -0.4 is 15.4 Å². The van der Waals surface area contributed by atoms with Gasteiger partial charge in [0.15, 0.2) is 11.6 Å². The molecule has 1 unspecified atom stereocenters. The van der Waals surface area contributed by atoms with Crippen LogP contribution in [0.3, 0.4) is 0 Å². The van der Waals surface area contributed by atoms with Gasteiger partial charge in [-0.2, -0.15) is 4.98 Å². The second kappa shape index (κ2) is 10.4. The zero-order valence-corrected chi connectivity index (χ0v) is 19.5. The van der Waals surface area contributed by atoms with E-state index in [0.717, 1.165) is 32.1 Å². The molecule has 32 heavy (non-hydrogen) atoms. The summed E-state index contributed by atoms with van der Waals surface area (Å²) in [5.41, 5.74) is -0.195. The Morgan fingerprint density at radius 1 is 1.19 bits per heavy atom. The maximum absolute atomic E-state index is 14.7. The van der Waals surface area contributed by atoms with Crippen molar-refractivity contribution in [3.63, 3.8) is 0 Å². The van der Waals surface area contributed by atoms with Gasteiger partial charge in [-0.1, -0.05) is 19.3 Å². The number of rotatable bonds is 6. The van der Waals surface area contributed by atoms with Gasteiger partial charge in [0, 0.05) is 24.7 Å². The quantitative estimate of drug-likeness (QED) is 0.681. The summed E-state index contributed by atoms with van der Waals surface area (Å²) >= 11 is 0. The van der Waals surface area contributed by atoms with Crippen molar-refractivity contribution >= 4 is 17.8 Å². The van der Waals surface area contributed by atoms with Crippen LogP contribution in [0.1, 0.15) is 71.3 Å². The summed E-state index contributed by atoms with van der Waals surface area (Å²) in [7, 11) is 1.47. The summed E-state index contributed by atoms with van der Waals surface area (Å²) in [6.07, 6.45) is 6.23. The molecule has 1 aromatic heterocycles. The Kier molecular flexibility index (Phi) is 7.79. The molecule has 2 heterocycles. The maximum Gasteiger partial charge on any atom is 0.410 e. The number of likely N-dealkylation sites (tertiary alicyclic amines) is 1. The molecule has 0 bridgehead atoms. The predicted molar refractivity (Wildman–Crippen MR) is 119 cm³/mol. The van der Waals surface area contributed by atoms with Crippen molar-refractivity contribution in [3.05, 3.63) is 17.4 Å². The van der Waals surface area contributed by atoms with Crippen molar-refractivity contribution in [2.75, 3.05) is 19.0 Å². The van der Waals surface area contributed by atoms with Crippen LogP contribution >= 0.6 is 0 Å². The molecule has 2 aliphatic rings. The highest BCUT2D eigenvalue weighted by atomic mass is 19.1. The van der Waals surface area contributed by atoms with Crippen LogP contribution in [-0.4, -0.2) is 53.2 Å². The fourth-order valence-electron chi connectivity index (χ4n) is 4.23. The van der Waals surface area contributed by atoms with Crippen molar-refractivity contribution in [2.45, 2.75) is 89.9 Å². The molecule has 0 aromatic carbocycles. The first-order chi connectivity index (χ1) is 15.2. The third-order valence-corrected chi connectivity index (χ3v) is 5.79. The fraction of sp³-hybridized carbons (Fsp3) is 0.696. The SMILES string of the molecule is COc1nc(NC2CCCCC2)c(F)cc1CNC(=O)C1CCCN1C(=O)OC(C)(C)C. The highest BCUT2D eigenvalue weighted by Gasteiger charge is 2.36. The number of hydrogen-bond donors (Lipinski definition) is 2. The molecule has 9 heteroatoms. The number of aromatic nitrogens is 1. The van der Waals surface area contributed by atoms with E-state index in [1.165, 1.54) is 24.5 Å². The first-order valence-electron chi connectivity index (χ1n) is 11.4. The Bertz CT molecular complexity index is 821. The van der Waals surface area contributed by atoms with E-state index in [2.05, 4.69) is 15.6 Å². The number of pyridine rings is 1. The van der Waals surface area contributed by atoms with Gasteiger partial charge >= 0.3 is 6.09 Å². The van der Waals surface area contributed by atoms with Crippen LogP contribution in [-0.2, 0) is 16.1 Å². The monoisotopic (exact) mass is 450 g/mol. The third kappa shape index (κ3) is 6.23. The van der Waals surface area contributed by atoms with Crippen molar-refractivity contribution in [3.8, 4) is 5.88 Å². The van der Waals surface area contributed by atoms with Crippen molar-refractivity contribution in [2.24, 2.45) is 0 Å². The van der Waals surface area contributed by atoms with Crippen molar-refractivity contribution < 1.29 is 23.5 Å². The molecule has 1 atom stereocenters. The van der Waals surface area contributed by atoms with Gasteiger partial charge in [-0.3, -0.25) is 9.69 Å². The van der Waals surface area contributed by atoms with E-state index in [1.807, 2.05) is 0 Å². The van der Waals surface area contributed by atoms with E-state index >= 15 is 0 Å². The van der Waals surface area contributed by atoms with Gasteiger partial charge in [0.2, 0.25) is 11.8 Å². The lowest BCUT2D eigenvalue weighted by Gasteiger charge is -2.28. The summed E-state index contributed by atoms with van der Waals surface area (Å²) < 4.78 is 25.5. The molecule has 0 radical (unpaired) electrons. The average Bonchev–Trinajstić information content (AvgIpc) is 3.23. The van der Waals surface area contributed by atoms with Crippen molar-refractivity contribution in [1.82, 2.24) is 15.2 Å². The molecule has 2 fully saturated rings. The molecule has 2 amide bonds. The van der Waals surface area contributed by atoms with Gasteiger partial charge in [0.1, 0.15) is 11.6 Å². The lowest BCUT2D eigenvalue weighted by molar-refractivity contribution is -0.125. The number of amides is 2. The van der Waals surface area contributed by atoms with Gasteiger partial charge < -0.3 is 20.1 Å². The molecule has 178 valence electrons. The number of methoxy groups -OCH3 is 1. The number of anilines is 1. The van der Waals surface area contributed by atoms with Crippen LogP contribution in [0.15, 0.2) is 6.07 Å². The molecular weight excluding hydrogens is 415 g/mol. The van der Waals surface area contributed by atoms with Crippen LogP contribution in [0.5, 0.6) is 5.88 Å². The molecule has 3 rings (SSSR count). The number of carbonyl (C=O) groups is 2. The van der Waals surface area contributed by atoms with E-state index in [4.69, 9.17) is 9.47 Å². The standard InChI is InChI=1S/C23H35FN4O4/c1-23(2,3)32-22(30)28-12-8-11-18(28)20(29)25-14-15-13-17(24)19(27-21(15)31-4)26-16-9-6-5-7-10-16/h13,16,18H,5-12,14H2,1-4H3,(H,25,29)(H,26,27). The maximum atomic E-state index is 14.7. The highest BCUT2D eigenvalue weighted by molar-refractivity contribution is 5.86. The topological polar surface area (TPSA) is 92.8 Å². The number of nitrogens with zero attached hydrogens (tertiary/aromatic N) is 2. The molecule has 1 saturated heterocycles. The predicted octanol–water partition coefficient (Wildman–Crippen LogP) is 3.99. The smallest absolute Gasteiger partial charge is 0.410 e. The lowest BCUT2D eigenvalue weighted by Crippen LogP contribution is -2.47. The molecule has 1 aliphatic heterocycles. The van der Waals surface area contributed by atoms with E-state index in [-0.39, 0.29) is 30.2 Å². The Morgan fingerprint density at radius 2 is 1.91 bits per heavy atom.